The van der Waals surface area contributed by atoms with Crippen molar-refractivity contribution in [3.63, 3.8) is 0 Å². The van der Waals surface area contributed by atoms with Crippen LogP contribution in [0, 0.1) is 10.1 Å². The Morgan fingerprint density at radius 2 is 1.94 bits per heavy atom. The topological polar surface area (TPSA) is 43.1 Å². The molecule has 0 aliphatic heterocycles. The molecule has 0 saturated carbocycles. The molecule has 2 aromatic rings. The van der Waals surface area contributed by atoms with Crippen molar-refractivity contribution in [2.45, 2.75) is 0 Å². The minimum Gasteiger partial charge on any atom is -0.258 e. The summed E-state index contributed by atoms with van der Waals surface area (Å²) in [5.41, 5.74) is 0.976. The Hall–Kier alpha value is -1.94. The van der Waals surface area contributed by atoms with Crippen molar-refractivity contribution in [2.75, 3.05) is 0 Å². The highest BCUT2D eigenvalue weighted by atomic mass is 32.1. The average Bonchev–Trinajstić information content (AvgIpc) is 2.80. The van der Waals surface area contributed by atoms with Gasteiger partial charge in [-0.3, -0.25) is 10.1 Å². The lowest BCUT2D eigenvalue weighted by molar-refractivity contribution is -0.373. The summed E-state index contributed by atoms with van der Waals surface area (Å²) in [6.45, 7) is 0. The molecule has 0 unspecified atom stereocenters. The van der Waals surface area contributed by atoms with E-state index in [1.54, 1.807) is 12.1 Å². The fourth-order valence-electron chi connectivity index (χ4n) is 1.35. The van der Waals surface area contributed by atoms with Gasteiger partial charge in [0.25, 0.3) is 5.70 Å². The third-order valence-electron chi connectivity index (χ3n) is 2.07. The van der Waals surface area contributed by atoms with E-state index in [1.807, 2.05) is 41.8 Å². The van der Waals surface area contributed by atoms with Crippen molar-refractivity contribution < 1.29 is 4.92 Å². The van der Waals surface area contributed by atoms with Crippen molar-refractivity contribution in [3.05, 3.63) is 68.4 Å². The summed E-state index contributed by atoms with van der Waals surface area (Å²) in [5, 5.41) is 12.8. The highest BCUT2D eigenvalue weighted by Crippen LogP contribution is 2.23. The molecule has 0 atom stereocenters. The van der Waals surface area contributed by atoms with E-state index in [-0.39, 0.29) is 10.6 Å². The summed E-state index contributed by atoms with van der Waals surface area (Å²) in [6.07, 6.45) is 1.59. The van der Waals surface area contributed by atoms with E-state index >= 15 is 0 Å². The normalized spacial score (nSPS) is 11.4. The SMILES string of the molecule is O=[N+]([O-])C(=Cc1ccccc1)c1cccs1. The first-order chi connectivity index (χ1) is 7.77. The van der Waals surface area contributed by atoms with Crippen molar-refractivity contribution in [1.82, 2.24) is 0 Å². The molecule has 0 aliphatic carbocycles. The van der Waals surface area contributed by atoms with Gasteiger partial charge in [-0.05, 0) is 17.0 Å². The molecule has 0 amide bonds. The molecule has 1 aromatic heterocycles. The highest BCUT2D eigenvalue weighted by molar-refractivity contribution is 7.11. The Morgan fingerprint density at radius 3 is 2.50 bits per heavy atom. The summed E-state index contributed by atoms with van der Waals surface area (Å²) in [4.78, 5) is 11.3. The molecular formula is C12H9NO2S. The van der Waals surface area contributed by atoms with E-state index in [0.29, 0.717) is 4.88 Å². The standard InChI is InChI=1S/C12H9NO2S/c14-13(15)11(12-7-4-8-16-12)9-10-5-2-1-3-6-10/h1-9H. The number of rotatable bonds is 3. The van der Waals surface area contributed by atoms with Crippen LogP contribution in [0.25, 0.3) is 11.8 Å². The zero-order valence-corrected chi connectivity index (χ0v) is 9.18. The van der Waals surface area contributed by atoms with Gasteiger partial charge in [-0.1, -0.05) is 36.4 Å². The van der Waals surface area contributed by atoms with E-state index in [1.165, 1.54) is 11.3 Å². The second-order valence-corrected chi connectivity index (χ2v) is 4.12. The number of benzene rings is 1. The van der Waals surface area contributed by atoms with Crippen LogP contribution in [0.1, 0.15) is 10.4 Å². The largest absolute Gasteiger partial charge is 0.287 e. The van der Waals surface area contributed by atoms with Crippen LogP contribution in [0.2, 0.25) is 0 Å². The Labute approximate surface area is 96.8 Å². The second kappa shape index (κ2) is 4.72. The van der Waals surface area contributed by atoms with Gasteiger partial charge in [0.1, 0.15) is 4.88 Å². The van der Waals surface area contributed by atoms with Gasteiger partial charge in [0.2, 0.25) is 0 Å². The van der Waals surface area contributed by atoms with Gasteiger partial charge in [-0.25, -0.2) is 0 Å². The monoisotopic (exact) mass is 231 g/mol. The Bertz CT molecular complexity index is 503. The Balaban J connectivity index is 2.42. The first-order valence-electron chi connectivity index (χ1n) is 4.72. The van der Waals surface area contributed by atoms with Gasteiger partial charge in [-0.2, -0.15) is 0 Å². The molecule has 0 spiro atoms. The third-order valence-corrected chi connectivity index (χ3v) is 2.97. The second-order valence-electron chi connectivity index (χ2n) is 3.17. The minimum absolute atomic E-state index is 0.140. The quantitative estimate of drug-likeness (QED) is 0.599. The first kappa shape index (κ1) is 10.6. The van der Waals surface area contributed by atoms with Crippen LogP contribution >= 0.6 is 11.3 Å². The molecule has 3 nitrogen and oxygen atoms in total. The lowest BCUT2D eigenvalue weighted by Gasteiger charge is -1.95. The molecule has 0 fully saturated rings. The van der Waals surface area contributed by atoms with Gasteiger partial charge in [0, 0.05) is 6.08 Å². The molecule has 1 heterocycles. The van der Waals surface area contributed by atoms with Crippen LogP contribution in [0.4, 0.5) is 0 Å². The summed E-state index contributed by atoms with van der Waals surface area (Å²) in [7, 11) is 0. The maximum Gasteiger partial charge on any atom is 0.287 e. The van der Waals surface area contributed by atoms with Crippen LogP contribution in [0.3, 0.4) is 0 Å². The summed E-state index contributed by atoms with van der Waals surface area (Å²) >= 11 is 1.37. The Kier molecular flexibility index (Phi) is 3.12. The Morgan fingerprint density at radius 1 is 1.19 bits per heavy atom. The van der Waals surface area contributed by atoms with Crippen molar-refractivity contribution in [2.24, 2.45) is 0 Å². The van der Waals surface area contributed by atoms with Gasteiger partial charge in [0.15, 0.2) is 0 Å². The number of hydrogen-bond acceptors (Lipinski definition) is 3. The molecule has 1 aromatic carbocycles. The molecule has 0 bridgehead atoms. The van der Waals surface area contributed by atoms with Gasteiger partial charge in [-0.15, -0.1) is 11.3 Å². The molecule has 0 saturated heterocycles. The van der Waals surface area contributed by atoms with Gasteiger partial charge < -0.3 is 0 Å². The molecule has 4 heteroatoms. The summed E-state index contributed by atoms with van der Waals surface area (Å²) in [5.74, 6) is 0. The fourth-order valence-corrected chi connectivity index (χ4v) is 2.06. The minimum atomic E-state index is -0.348. The van der Waals surface area contributed by atoms with Crippen LogP contribution in [0.5, 0.6) is 0 Å². The first-order valence-corrected chi connectivity index (χ1v) is 5.60. The predicted octanol–water partition coefficient (Wildman–Crippen LogP) is 3.52. The van der Waals surface area contributed by atoms with E-state index in [9.17, 15) is 10.1 Å². The number of thiophene rings is 1. The zero-order chi connectivity index (χ0) is 11.4. The lowest BCUT2D eigenvalue weighted by atomic mass is 10.2. The van der Waals surface area contributed by atoms with Crippen LogP contribution in [-0.4, -0.2) is 4.92 Å². The third kappa shape index (κ3) is 2.35. The van der Waals surface area contributed by atoms with E-state index in [0.717, 1.165) is 5.56 Å². The van der Waals surface area contributed by atoms with Crippen LogP contribution < -0.4 is 0 Å². The maximum absolute atomic E-state index is 10.9. The lowest BCUT2D eigenvalue weighted by Crippen LogP contribution is -1.95. The molecular weight excluding hydrogens is 222 g/mol. The number of hydrogen-bond donors (Lipinski definition) is 0. The molecule has 0 radical (unpaired) electrons. The van der Waals surface area contributed by atoms with E-state index in [2.05, 4.69) is 0 Å². The van der Waals surface area contributed by atoms with Crippen molar-refractivity contribution in [1.29, 1.82) is 0 Å². The molecule has 16 heavy (non-hydrogen) atoms. The van der Waals surface area contributed by atoms with Gasteiger partial charge >= 0.3 is 0 Å². The number of nitrogens with zero attached hydrogens (tertiary/aromatic N) is 1. The van der Waals surface area contributed by atoms with E-state index < -0.39 is 0 Å². The summed E-state index contributed by atoms with van der Waals surface area (Å²) in [6, 6.07) is 12.8. The van der Waals surface area contributed by atoms with Crippen molar-refractivity contribution in [3.8, 4) is 0 Å². The molecule has 80 valence electrons. The molecule has 0 N–H and O–H groups in total. The fraction of sp³-hybridized carbons (Fsp3) is 0. The van der Waals surface area contributed by atoms with Crippen molar-refractivity contribution >= 4 is 23.1 Å². The predicted molar refractivity (Wildman–Crippen MR) is 65.6 cm³/mol. The maximum atomic E-state index is 10.9. The highest BCUT2D eigenvalue weighted by Gasteiger charge is 2.14. The molecule has 2 rings (SSSR count). The smallest absolute Gasteiger partial charge is 0.258 e. The van der Waals surface area contributed by atoms with E-state index in [4.69, 9.17) is 0 Å². The average molecular weight is 231 g/mol. The molecule has 0 aliphatic rings. The zero-order valence-electron chi connectivity index (χ0n) is 8.37. The summed E-state index contributed by atoms with van der Waals surface area (Å²) < 4.78 is 0. The number of nitro groups is 1. The van der Waals surface area contributed by atoms with Crippen LogP contribution in [-0.2, 0) is 0 Å². The van der Waals surface area contributed by atoms with Crippen LogP contribution in [0.15, 0.2) is 47.8 Å². The van der Waals surface area contributed by atoms with Gasteiger partial charge in [0.05, 0.1) is 4.92 Å².